The van der Waals surface area contributed by atoms with Gasteiger partial charge in [0.2, 0.25) is 0 Å². The summed E-state index contributed by atoms with van der Waals surface area (Å²) < 4.78 is 13.1. The molecule has 0 aliphatic rings. The van der Waals surface area contributed by atoms with E-state index in [-0.39, 0.29) is 5.54 Å². The number of nitrogens with one attached hydrogen (secondary N) is 1. The maximum Gasteiger partial charge on any atom is 0.142 e. The van der Waals surface area contributed by atoms with E-state index < -0.39 is 0 Å². The minimum atomic E-state index is -0.111. The molecular formula is C20H25N3O2. The van der Waals surface area contributed by atoms with Crippen LogP contribution in [0, 0.1) is 6.92 Å². The molecule has 5 heteroatoms. The largest absolute Gasteiger partial charge is 0.497 e. The molecular weight excluding hydrogens is 314 g/mol. The van der Waals surface area contributed by atoms with Gasteiger partial charge in [0.1, 0.15) is 28.7 Å². The molecule has 1 aromatic carbocycles. The van der Waals surface area contributed by atoms with Crippen LogP contribution in [0.5, 0.6) is 11.5 Å². The van der Waals surface area contributed by atoms with Gasteiger partial charge in [0.25, 0.3) is 0 Å². The highest BCUT2D eigenvalue weighted by Gasteiger charge is 2.22. The normalized spacial score (nSPS) is 11.6. The standard InChI is InChI=1S/C20H25N3O2/c1-13-8-7-11-23-18(13)21-17(19(23)22-20(2,3)4)15-12-14(24-5)9-10-16(15)25-6/h7-12,22H,1-6H3. The summed E-state index contributed by atoms with van der Waals surface area (Å²) in [5, 5.41) is 3.59. The SMILES string of the molecule is COc1ccc(OC)c(-c2nc3c(C)cccn3c2NC(C)(C)C)c1. The van der Waals surface area contributed by atoms with Gasteiger partial charge in [0.05, 0.1) is 14.2 Å². The molecule has 0 saturated carbocycles. The fourth-order valence-corrected chi connectivity index (χ4v) is 2.87. The molecule has 0 bridgehead atoms. The highest BCUT2D eigenvalue weighted by Crippen LogP contribution is 2.38. The molecule has 3 aromatic rings. The van der Waals surface area contributed by atoms with Gasteiger partial charge in [-0.1, -0.05) is 6.07 Å². The van der Waals surface area contributed by atoms with Gasteiger partial charge in [-0.25, -0.2) is 4.98 Å². The van der Waals surface area contributed by atoms with Crippen molar-refractivity contribution in [1.82, 2.24) is 9.38 Å². The second-order valence-electron chi connectivity index (χ2n) is 7.14. The number of hydrogen-bond acceptors (Lipinski definition) is 4. The number of hydrogen-bond donors (Lipinski definition) is 1. The third-order valence-electron chi connectivity index (χ3n) is 4.00. The number of aryl methyl sites for hydroxylation is 1. The summed E-state index contributed by atoms with van der Waals surface area (Å²) in [5.41, 5.74) is 3.68. The number of anilines is 1. The predicted molar refractivity (Wildman–Crippen MR) is 102 cm³/mol. The van der Waals surface area contributed by atoms with Crippen LogP contribution in [0.1, 0.15) is 26.3 Å². The molecule has 0 aliphatic heterocycles. The summed E-state index contributed by atoms with van der Waals surface area (Å²) in [4.78, 5) is 4.92. The second kappa shape index (κ2) is 6.31. The molecule has 0 saturated heterocycles. The Hall–Kier alpha value is -2.69. The maximum atomic E-state index is 5.58. The van der Waals surface area contributed by atoms with Gasteiger partial charge in [0, 0.05) is 17.3 Å². The average molecular weight is 339 g/mol. The fourth-order valence-electron chi connectivity index (χ4n) is 2.87. The van der Waals surface area contributed by atoms with Crippen LogP contribution in [-0.2, 0) is 0 Å². The average Bonchev–Trinajstić information content (AvgIpc) is 2.92. The first-order valence-corrected chi connectivity index (χ1v) is 8.32. The Morgan fingerprint density at radius 1 is 1.08 bits per heavy atom. The van der Waals surface area contributed by atoms with E-state index in [1.807, 2.05) is 30.5 Å². The third kappa shape index (κ3) is 3.27. The minimum Gasteiger partial charge on any atom is -0.497 e. The van der Waals surface area contributed by atoms with Crippen LogP contribution in [0.15, 0.2) is 36.5 Å². The lowest BCUT2D eigenvalue weighted by molar-refractivity contribution is 0.404. The van der Waals surface area contributed by atoms with Crippen LogP contribution in [0.2, 0.25) is 0 Å². The lowest BCUT2D eigenvalue weighted by Crippen LogP contribution is -2.27. The smallest absolute Gasteiger partial charge is 0.142 e. The van der Waals surface area contributed by atoms with Crippen molar-refractivity contribution in [3.8, 4) is 22.8 Å². The zero-order chi connectivity index (χ0) is 18.2. The van der Waals surface area contributed by atoms with Crippen molar-refractivity contribution < 1.29 is 9.47 Å². The summed E-state index contributed by atoms with van der Waals surface area (Å²) in [6.07, 6.45) is 2.03. The van der Waals surface area contributed by atoms with Crippen molar-refractivity contribution >= 4 is 11.5 Å². The van der Waals surface area contributed by atoms with Crippen molar-refractivity contribution in [1.29, 1.82) is 0 Å². The monoisotopic (exact) mass is 339 g/mol. The molecule has 0 unspecified atom stereocenters. The van der Waals surface area contributed by atoms with Gasteiger partial charge in [-0.15, -0.1) is 0 Å². The van der Waals surface area contributed by atoms with Crippen LogP contribution >= 0.6 is 0 Å². The molecule has 1 N–H and O–H groups in total. The molecule has 2 heterocycles. The second-order valence-corrected chi connectivity index (χ2v) is 7.14. The Balaban J connectivity index is 2.32. The van der Waals surface area contributed by atoms with Crippen molar-refractivity contribution in [2.45, 2.75) is 33.2 Å². The number of methoxy groups -OCH3 is 2. The third-order valence-corrected chi connectivity index (χ3v) is 4.00. The Bertz CT molecular complexity index is 907. The van der Waals surface area contributed by atoms with Crippen LogP contribution < -0.4 is 14.8 Å². The topological polar surface area (TPSA) is 47.8 Å². The number of imidazole rings is 1. The van der Waals surface area contributed by atoms with Gasteiger partial charge in [-0.2, -0.15) is 0 Å². The molecule has 0 amide bonds. The maximum absolute atomic E-state index is 5.58. The van der Waals surface area contributed by atoms with Crippen molar-refractivity contribution in [2.75, 3.05) is 19.5 Å². The summed E-state index contributed by atoms with van der Waals surface area (Å²) >= 11 is 0. The van der Waals surface area contributed by atoms with Crippen LogP contribution in [0.4, 0.5) is 5.82 Å². The highest BCUT2D eigenvalue weighted by molar-refractivity contribution is 5.82. The number of pyridine rings is 1. The molecule has 0 spiro atoms. The van der Waals surface area contributed by atoms with Gasteiger partial charge < -0.3 is 14.8 Å². The molecule has 2 aromatic heterocycles. The molecule has 0 aliphatic carbocycles. The number of benzene rings is 1. The summed E-state index contributed by atoms with van der Waals surface area (Å²) in [7, 11) is 3.33. The molecule has 132 valence electrons. The quantitative estimate of drug-likeness (QED) is 0.758. The zero-order valence-electron chi connectivity index (χ0n) is 15.7. The number of fused-ring (bicyclic) bond motifs is 1. The van der Waals surface area contributed by atoms with Gasteiger partial charge in [0.15, 0.2) is 0 Å². The summed E-state index contributed by atoms with van der Waals surface area (Å²) in [6, 6.07) is 9.86. The number of aromatic nitrogens is 2. The lowest BCUT2D eigenvalue weighted by Gasteiger charge is -2.23. The first kappa shape index (κ1) is 17.1. The first-order chi connectivity index (χ1) is 11.8. The molecule has 0 radical (unpaired) electrons. The van der Waals surface area contributed by atoms with Crippen molar-refractivity contribution in [3.63, 3.8) is 0 Å². The number of nitrogens with zero attached hydrogens (tertiary/aromatic N) is 2. The Labute approximate surface area is 148 Å². The molecule has 5 nitrogen and oxygen atoms in total. The molecule has 0 fully saturated rings. The molecule has 25 heavy (non-hydrogen) atoms. The Kier molecular flexibility index (Phi) is 4.33. The van der Waals surface area contributed by atoms with Crippen LogP contribution in [0.3, 0.4) is 0 Å². The van der Waals surface area contributed by atoms with Gasteiger partial charge in [-0.3, -0.25) is 4.40 Å². The van der Waals surface area contributed by atoms with Crippen molar-refractivity contribution in [2.24, 2.45) is 0 Å². The van der Waals surface area contributed by atoms with E-state index in [1.54, 1.807) is 14.2 Å². The summed E-state index contributed by atoms with van der Waals surface area (Å²) in [6.45, 7) is 8.47. The van der Waals surface area contributed by atoms with E-state index in [9.17, 15) is 0 Å². The number of ether oxygens (including phenoxy) is 2. The van der Waals surface area contributed by atoms with E-state index in [0.29, 0.717) is 0 Å². The zero-order valence-corrected chi connectivity index (χ0v) is 15.7. The first-order valence-electron chi connectivity index (χ1n) is 8.32. The lowest BCUT2D eigenvalue weighted by atomic mass is 10.1. The highest BCUT2D eigenvalue weighted by atomic mass is 16.5. The Morgan fingerprint density at radius 2 is 1.84 bits per heavy atom. The van der Waals surface area contributed by atoms with Gasteiger partial charge in [-0.05, 0) is 57.5 Å². The van der Waals surface area contributed by atoms with E-state index in [2.05, 4.69) is 43.5 Å². The van der Waals surface area contributed by atoms with Gasteiger partial charge >= 0.3 is 0 Å². The fraction of sp³-hybridized carbons (Fsp3) is 0.350. The van der Waals surface area contributed by atoms with E-state index >= 15 is 0 Å². The predicted octanol–water partition coefficient (Wildman–Crippen LogP) is 4.54. The Morgan fingerprint density at radius 3 is 2.48 bits per heavy atom. The summed E-state index contributed by atoms with van der Waals surface area (Å²) in [5.74, 6) is 2.47. The van der Waals surface area contributed by atoms with Crippen LogP contribution in [-0.4, -0.2) is 29.1 Å². The number of rotatable bonds is 4. The van der Waals surface area contributed by atoms with E-state index in [1.165, 1.54) is 0 Å². The van der Waals surface area contributed by atoms with Crippen molar-refractivity contribution in [3.05, 3.63) is 42.1 Å². The molecule has 0 atom stereocenters. The van der Waals surface area contributed by atoms with E-state index in [0.717, 1.165) is 39.8 Å². The van der Waals surface area contributed by atoms with E-state index in [4.69, 9.17) is 14.5 Å². The minimum absolute atomic E-state index is 0.111. The molecule has 3 rings (SSSR count). The van der Waals surface area contributed by atoms with Crippen LogP contribution in [0.25, 0.3) is 16.9 Å².